The topological polar surface area (TPSA) is 73.9 Å². The summed E-state index contributed by atoms with van der Waals surface area (Å²) in [6, 6.07) is 9.43. The molecule has 0 aliphatic carbocycles. The molecule has 6 nitrogen and oxygen atoms in total. The molecule has 2 heterocycles. The molecule has 0 unspecified atom stereocenters. The standard InChI is InChI=1S/C18H20ClN5O/c1-24(11-13-4-7-20-8-5-13)12-18(25)21-9-6-17-22-15-3-2-14(19)10-16(15)23-17/h2-5,7-8,10H,6,9,11-12H2,1H3,(H,21,25)(H,22,23). The molecular formula is C18H20ClN5O. The number of nitrogens with zero attached hydrogens (tertiary/aromatic N) is 3. The lowest BCUT2D eigenvalue weighted by Crippen LogP contribution is -2.35. The zero-order valence-corrected chi connectivity index (χ0v) is 14.8. The van der Waals surface area contributed by atoms with Crippen LogP contribution in [0.15, 0.2) is 42.7 Å². The molecule has 0 saturated carbocycles. The highest BCUT2D eigenvalue weighted by Crippen LogP contribution is 2.17. The maximum atomic E-state index is 12.0. The number of amides is 1. The van der Waals surface area contributed by atoms with E-state index in [9.17, 15) is 4.79 Å². The molecule has 0 radical (unpaired) electrons. The average molecular weight is 358 g/mol. The van der Waals surface area contributed by atoms with Crippen LogP contribution < -0.4 is 5.32 Å². The van der Waals surface area contributed by atoms with Crippen LogP contribution in [-0.2, 0) is 17.8 Å². The molecule has 0 fully saturated rings. The molecule has 0 spiro atoms. The number of carbonyl (C=O) groups excluding carboxylic acids is 1. The quantitative estimate of drug-likeness (QED) is 0.681. The lowest BCUT2D eigenvalue weighted by molar-refractivity contribution is -0.122. The molecule has 3 rings (SSSR count). The number of rotatable bonds is 7. The number of imidazole rings is 1. The van der Waals surface area contributed by atoms with E-state index in [4.69, 9.17) is 11.6 Å². The largest absolute Gasteiger partial charge is 0.355 e. The van der Waals surface area contributed by atoms with Crippen molar-refractivity contribution in [2.24, 2.45) is 0 Å². The van der Waals surface area contributed by atoms with Crippen molar-refractivity contribution in [1.82, 2.24) is 25.2 Å². The summed E-state index contributed by atoms with van der Waals surface area (Å²) in [4.78, 5) is 25.7. The van der Waals surface area contributed by atoms with Crippen LogP contribution in [0.2, 0.25) is 5.02 Å². The highest BCUT2D eigenvalue weighted by atomic mass is 35.5. The highest BCUT2D eigenvalue weighted by molar-refractivity contribution is 6.31. The number of carbonyl (C=O) groups is 1. The van der Waals surface area contributed by atoms with Crippen molar-refractivity contribution in [2.45, 2.75) is 13.0 Å². The normalized spacial score (nSPS) is 11.2. The number of hydrogen-bond acceptors (Lipinski definition) is 4. The molecule has 0 saturated heterocycles. The molecule has 1 amide bonds. The van der Waals surface area contributed by atoms with E-state index < -0.39 is 0 Å². The Bertz CT molecular complexity index is 849. The van der Waals surface area contributed by atoms with Gasteiger partial charge in [0.15, 0.2) is 0 Å². The second-order valence-corrected chi connectivity index (χ2v) is 6.41. The summed E-state index contributed by atoms with van der Waals surface area (Å²) in [5.74, 6) is 0.832. The first-order valence-electron chi connectivity index (χ1n) is 8.08. The van der Waals surface area contributed by atoms with Crippen LogP contribution in [0.25, 0.3) is 11.0 Å². The Hall–Kier alpha value is -2.44. The summed E-state index contributed by atoms with van der Waals surface area (Å²) in [5, 5.41) is 3.60. The smallest absolute Gasteiger partial charge is 0.234 e. The lowest BCUT2D eigenvalue weighted by atomic mass is 10.2. The second-order valence-electron chi connectivity index (χ2n) is 5.97. The monoisotopic (exact) mass is 357 g/mol. The van der Waals surface area contributed by atoms with Crippen molar-refractivity contribution in [3.05, 3.63) is 59.1 Å². The fourth-order valence-corrected chi connectivity index (χ4v) is 2.80. The Kier molecular flexibility index (Phi) is 5.63. The van der Waals surface area contributed by atoms with Crippen LogP contribution in [0.3, 0.4) is 0 Å². The Balaban J connectivity index is 1.44. The van der Waals surface area contributed by atoms with Gasteiger partial charge in [-0.05, 0) is 42.9 Å². The molecule has 2 aromatic heterocycles. The van der Waals surface area contributed by atoms with Crippen molar-refractivity contribution in [3.63, 3.8) is 0 Å². The maximum absolute atomic E-state index is 12.0. The van der Waals surface area contributed by atoms with E-state index in [1.54, 1.807) is 12.4 Å². The Morgan fingerprint density at radius 3 is 2.88 bits per heavy atom. The van der Waals surface area contributed by atoms with Gasteiger partial charge >= 0.3 is 0 Å². The number of hydrogen-bond donors (Lipinski definition) is 2. The van der Waals surface area contributed by atoms with E-state index in [0.29, 0.717) is 31.1 Å². The predicted molar refractivity (Wildman–Crippen MR) is 98.4 cm³/mol. The Morgan fingerprint density at radius 2 is 2.08 bits per heavy atom. The van der Waals surface area contributed by atoms with Gasteiger partial charge < -0.3 is 10.3 Å². The third-order valence-corrected chi connectivity index (χ3v) is 4.03. The van der Waals surface area contributed by atoms with E-state index >= 15 is 0 Å². The zero-order valence-electron chi connectivity index (χ0n) is 14.0. The van der Waals surface area contributed by atoms with Crippen LogP contribution in [0.5, 0.6) is 0 Å². The van der Waals surface area contributed by atoms with Gasteiger partial charge in [-0.1, -0.05) is 11.6 Å². The number of aromatic amines is 1. The Morgan fingerprint density at radius 1 is 1.28 bits per heavy atom. The highest BCUT2D eigenvalue weighted by Gasteiger charge is 2.08. The summed E-state index contributed by atoms with van der Waals surface area (Å²) in [5.41, 5.74) is 2.92. The number of nitrogens with one attached hydrogen (secondary N) is 2. The Labute approximate surface area is 151 Å². The summed E-state index contributed by atoms with van der Waals surface area (Å²) in [7, 11) is 1.92. The minimum absolute atomic E-state index is 0.00397. The lowest BCUT2D eigenvalue weighted by Gasteiger charge is -2.16. The molecule has 1 aromatic carbocycles. The van der Waals surface area contributed by atoms with Gasteiger partial charge in [0.2, 0.25) is 5.91 Å². The van der Waals surface area contributed by atoms with Crippen molar-refractivity contribution >= 4 is 28.5 Å². The number of aromatic nitrogens is 3. The molecule has 0 aliphatic rings. The van der Waals surface area contributed by atoms with Gasteiger partial charge in [-0.15, -0.1) is 0 Å². The molecular weight excluding hydrogens is 338 g/mol. The van der Waals surface area contributed by atoms with Gasteiger partial charge in [-0.2, -0.15) is 0 Å². The van der Waals surface area contributed by atoms with Crippen LogP contribution >= 0.6 is 11.6 Å². The first-order valence-corrected chi connectivity index (χ1v) is 8.46. The van der Waals surface area contributed by atoms with Gasteiger partial charge in [0.25, 0.3) is 0 Å². The number of fused-ring (bicyclic) bond motifs is 1. The molecule has 0 bridgehead atoms. The van der Waals surface area contributed by atoms with Gasteiger partial charge in [0, 0.05) is 36.9 Å². The number of pyridine rings is 1. The third kappa shape index (κ3) is 5.01. The van der Waals surface area contributed by atoms with E-state index in [-0.39, 0.29) is 5.91 Å². The number of likely N-dealkylation sites (N-methyl/N-ethyl adjacent to an activating group) is 1. The van der Waals surface area contributed by atoms with E-state index in [1.807, 2.05) is 42.3 Å². The average Bonchev–Trinajstić information content (AvgIpc) is 2.97. The number of halogens is 1. The van der Waals surface area contributed by atoms with Gasteiger partial charge in [0.05, 0.1) is 17.6 Å². The fraction of sp³-hybridized carbons (Fsp3) is 0.278. The van der Waals surface area contributed by atoms with E-state index in [2.05, 4.69) is 20.3 Å². The molecule has 130 valence electrons. The minimum atomic E-state index is -0.00397. The van der Waals surface area contributed by atoms with Crippen molar-refractivity contribution < 1.29 is 4.79 Å². The summed E-state index contributed by atoms with van der Waals surface area (Å²) in [6.07, 6.45) is 4.15. The van der Waals surface area contributed by atoms with E-state index in [0.717, 1.165) is 22.4 Å². The molecule has 2 N–H and O–H groups in total. The SMILES string of the molecule is CN(CC(=O)NCCc1nc2ccc(Cl)cc2[nH]1)Cc1ccncc1. The van der Waals surface area contributed by atoms with Crippen LogP contribution in [0.4, 0.5) is 0 Å². The van der Waals surface area contributed by atoms with Crippen LogP contribution in [0.1, 0.15) is 11.4 Å². The summed E-state index contributed by atoms with van der Waals surface area (Å²) < 4.78 is 0. The molecule has 25 heavy (non-hydrogen) atoms. The van der Waals surface area contributed by atoms with E-state index in [1.165, 1.54) is 0 Å². The number of H-pyrrole nitrogens is 1. The molecule has 7 heteroatoms. The first-order chi connectivity index (χ1) is 12.1. The van der Waals surface area contributed by atoms with Gasteiger partial charge in [-0.3, -0.25) is 14.7 Å². The van der Waals surface area contributed by atoms with Crippen molar-refractivity contribution in [3.8, 4) is 0 Å². The molecule has 3 aromatic rings. The van der Waals surface area contributed by atoms with Gasteiger partial charge in [0.1, 0.15) is 5.82 Å². The predicted octanol–water partition coefficient (Wildman–Crippen LogP) is 2.40. The zero-order chi connectivity index (χ0) is 17.6. The summed E-state index contributed by atoms with van der Waals surface area (Å²) in [6.45, 7) is 1.59. The summed E-state index contributed by atoms with van der Waals surface area (Å²) >= 11 is 5.97. The van der Waals surface area contributed by atoms with Crippen LogP contribution in [-0.4, -0.2) is 45.9 Å². The number of benzene rings is 1. The fourth-order valence-electron chi connectivity index (χ4n) is 2.63. The molecule has 0 atom stereocenters. The minimum Gasteiger partial charge on any atom is -0.355 e. The maximum Gasteiger partial charge on any atom is 0.234 e. The third-order valence-electron chi connectivity index (χ3n) is 3.79. The molecule has 0 aliphatic heterocycles. The first kappa shape index (κ1) is 17.4. The van der Waals surface area contributed by atoms with Gasteiger partial charge in [-0.25, -0.2) is 4.98 Å². The van der Waals surface area contributed by atoms with Crippen LogP contribution in [0, 0.1) is 0 Å². The second kappa shape index (κ2) is 8.09. The van der Waals surface area contributed by atoms with Crippen molar-refractivity contribution in [2.75, 3.05) is 20.1 Å². The van der Waals surface area contributed by atoms with Crippen molar-refractivity contribution in [1.29, 1.82) is 0 Å².